The van der Waals surface area contributed by atoms with Gasteiger partial charge in [0.05, 0.1) is 34.3 Å². The van der Waals surface area contributed by atoms with Gasteiger partial charge >= 0.3 is 0 Å². The first-order valence-electron chi connectivity index (χ1n) is 32.8. The number of carbonyl (C=O) groups is 5. The van der Waals surface area contributed by atoms with Gasteiger partial charge in [0.15, 0.2) is 0 Å². The van der Waals surface area contributed by atoms with E-state index in [1.165, 1.54) is 25.3 Å². The molecule has 0 radical (unpaired) electrons. The Balaban J connectivity index is 0.000000380. The molecule has 4 atom stereocenters. The van der Waals surface area contributed by atoms with E-state index in [1.807, 2.05) is 179 Å². The van der Waals surface area contributed by atoms with Crippen LogP contribution in [0.2, 0.25) is 0 Å². The second kappa shape index (κ2) is 29.2. The van der Waals surface area contributed by atoms with E-state index < -0.39 is 49.9 Å². The van der Waals surface area contributed by atoms with Gasteiger partial charge in [-0.1, -0.05) is 73.1 Å². The number of para-hydroxylation sites is 1. The summed E-state index contributed by atoms with van der Waals surface area (Å²) in [6.45, 7) is 57.1. The number of hydrogen-bond donors (Lipinski definition) is 6. The van der Waals surface area contributed by atoms with Gasteiger partial charge in [0, 0.05) is 62.6 Å². The van der Waals surface area contributed by atoms with Gasteiger partial charge in [-0.05, 0) is 208 Å². The van der Waals surface area contributed by atoms with Gasteiger partial charge in [0.25, 0.3) is 0 Å². The number of benzene rings is 1. The average Bonchev–Trinajstić information content (AvgIpc) is 3.53. The maximum atomic E-state index is 12.9. The van der Waals surface area contributed by atoms with Crippen molar-refractivity contribution in [3.05, 3.63) is 30.3 Å². The third-order valence-electron chi connectivity index (χ3n) is 19.5. The van der Waals surface area contributed by atoms with E-state index >= 15 is 0 Å². The SMILES string of the molecule is CC(C)CC1(C)C(=O)N(C(C)(C)C)CC(C)(C)N1O.CCC1(C)C(=O)N(C(C)(C)CO)CC(C)(C)N1O.CCC1(C)C(=O)N(c2ccccc2)CC(C)(C)N1O.CCC1(CC)C(=O)N(C)CC(C)(C)N1O.CCCCN1C(=O)C(C)(C)N(O)C(C)(C)CC1C. The van der Waals surface area contributed by atoms with Crippen molar-refractivity contribution in [3.63, 3.8) is 0 Å². The summed E-state index contributed by atoms with van der Waals surface area (Å²) in [5.41, 5.74) is -6.44. The monoisotopic (exact) mass is 1260 g/mol. The molecule has 5 saturated heterocycles. The Morgan fingerprint density at radius 2 is 0.933 bits per heavy atom. The summed E-state index contributed by atoms with van der Waals surface area (Å²) in [6, 6.07) is 9.79. The van der Waals surface area contributed by atoms with Crippen molar-refractivity contribution in [3.8, 4) is 0 Å². The Kier molecular flexibility index (Phi) is 26.6. The van der Waals surface area contributed by atoms with E-state index in [1.54, 1.807) is 49.4 Å². The van der Waals surface area contributed by atoms with Crippen molar-refractivity contribution in [1.82, 2.24) is 44.9 Å². The number of rotatable bonds is 12. The first-order valence-corrected chi connectivity index (χ1v) is 32.8. The highest BCUT2D eigenvalue weighted by molar-refractivity contribution is 6.01. The van der Waals surface area contributed by atoms with E-state index in [2.05, 4.69) is 27.7 Å². The predicted molar refractivity (Wildman–Crippen MR) is 353 cm³/mol. The molecule has 0 saturated carbocycles. The normalized spacial score (nSPS) is 28.2. The maximum absolute atomic E-state index is 12.9. The molecule has 5 fully saturated rings. The van der Waals surface area contributed by atoms with E-state index in [0.29, 0.717) is 64.2 Å². The number of anilines is 1. The number of amides is 5. The first kappa shape index (κ1) is 81.2. The lowest BCUT2D eigenvalue weighted by atomic mass is 9.80. The molecule has 516 valence electrons. The van der Waals surface area contributed by atoms with E-state index in [-0.39, 0.29) is 58.8 Å². The number of aliphatic hydroxyl groups excluding tert-OH is 1. The van der Waals surface area contributed by atoms with Crippen molar-refractivity contribution < 1.29 is 55.1 Å². The molecule has 89 heavy (non-hydrogen) atoms. The summed E-state index contributed by atoms with van der Waals surface area (Å²) >= 11 is 0. The minimum absolute atomic E-state index is 0.0225. The van der Waals surface area contributed by atoms with Crippen LogP contribution in [0, 0.1) is 5.92 Å². The maximum Gasteiger partial charge on any atom is 0.249 e. The predicted octanol–water partition coefficient (Wildman–Crippen LogP) is 11.0. The molecule has 6 rings (SSSR count). The molecule has 0 aliphatic carbocycles. The molecule has 5 aliphatic heterocycles. The molecule has 0 spiro atoms. The fourth-order valence-corrected chi connectivity index (χ4v) is 13.8. The molecule has 5 heterocycles. The quantitative estimate of drug-likeness (QED) is 0.114. The standard InChI is InChI=1S/C15H22N2O2.C15H30N2O2.C14H28N2O2.C13H26N2O3.C11H22N2O2/c1-5-15(4)13(18)16(11-14(2,3)17(15)19)12-9-7-6-8-10-12;1-11(2)9-15(8)12(18)16(13(3,4)5)10-14(6,7)17(15)19;1-7-8-9-15-11(2)10-13(3,4)16(18)14(5,6)12(15)17;1-7-13(6)10(17)14(12(4,5)9-16)8-11(2,3)15(13)18;1-6-11(7-2)9(14)12(5)8-10(3,4)13(11)15/h6-10,19H,5,11H2,1-4H3;11,19H,9-10H2,1-8H3;11,18H,7-10H2,1-6H3;16,18H,7-9H2,1-6H3;15H,6-8H2,1-5H3. The van der Waals surface area contributed by atoms with Crippen molar-refractivity contribution in [2.24, 2.45) is 5.92 Å². The first-order chi connectivity index (χ1) is 40.1. The summed E-state index contributed by atoms with van der Waals surface area (Å²) < 4.78 is 0. The third-order valence-corrected chi connectivity index (χ3v) is 19.5. The highest BCUT2D eigenvalue weighted by atomic mass is 16.5. The summed E-state index contributed by atoms with van der Waals surface area (Å²) in [6.07, 6.45) is 5.86. The van der Waals surface area contributed by atoms with Gasteiger partial charge in [0.1, 0.15) is 27.7 Å². The molecule has 21 nitrogen and oxygen atoms in total. The van der Waals surface area contributed by atoms with E-state index in [0.717, 1.165) is 31.5 Å². The Morgan fingerprint density at radius 3 is 1.35 bits per heavy atom. The fraction of sp³-hybridized carbons (Fsp3) is 0.838. The van der Waals surface area contributed by atoms with Gasteiger partial charge in [-0.15, -0.1) is 0 Å². The summed E-state index contributed by atoms with van der Waals surface area (Å²) in [7, 11) is 1.80. The summed E-state index contributed by atoms with van der Waals surface area (Å²) in [4.78, 5) is 71.9. The van der Waals surface area contributed by atoms with Crippen LogP contribution in [0.25, 0.3) is 0 Å². The summed E-state index contributed by atoms with van der Waals surface area (Å²) in [5.74, 6) is 0.231. The molecule has 5 amide bonds. The number of piperazine rings is 4. The molecule has 4 unspecified atom stereocenters. The van der Waals surface area contributed by atoms with Crippen molar-refractivity contribution in [2.75, 3.05) is 51.3 Å². The fourth-order valence-electron chi connectivity index (χ4n) is 13.8. The van der Waals surface area contributed by atoms with Gasteiger partial charge in [-0.25, -0.2) is 0 Å². The Hall–Kier alpha value is -3.87. The van der Waals surface area contributed by atoms with Gasteiger partial charge in [-0.2, -0.15) is 25.3 Å². The zero-order valence-corrected chi connectivity index (χ0v) is 61.1. The largest absolute Gasteiger partial charge is 0.394 e. The van der Waals surface area contributed by atoms with Crippen LogP contribution in [0.5, 0.6) is 0 Å². The number of carbonyl (C=O) groups excluding carboxylic acids is 5. The smallest absolute Gasteiger partial charge is 0.249 e. The highest BCUT2D eigenvalue weighted by Gasteiger charge is 2.58. The minimum Gasteiger partial charge on any atom is -0.394 e. The van der Waals surface area contributed by atoms with Gasteiger partial charge in [-0.3, -0.25) is 24.0 Å². The van der Waals surface area contributed by atoms with Crippen LogP contribution in [0.4, 0.5) is 5.69 Å². The average molecular weight is 1260 g/mol. The lowest BCUT2D eigenvalue weighted by Gasteiger charge is -2.56. The molecule has 0 bridgehead atoms. The van der Waals surface area contributed by atoms with Crippen molar-refractivity contribution in [2.45, 2.75) is 318 Å². The van der Waals surface area contributed by atoms with Gasteiger partial charge in [0.2, 0.25) is 29.5 Å². The van der Waals surface area contributed by atoms with Crippen LogP contribution in [0.3, 0.4) is 0 Å². The third kappa shape index (κ3) is 16.9. The minimum atomic E-state index is -0.936. The molecule has 0 aromatic heterocycles. The molecule has 1 aromatic carbocycles. The molecular formula is C68H128N10O11. The highest BCUT2D eigenvalue weighted by Crippen LogP contribution is 2.42. The second-order valence-electron chi connectivity index (χ2n) is 32.3. The Labute approximate surface area is 538 Å². The van der Waals surface area contributed by atoms with E-state index in [9.17, 15) is 55.1 Å². The number of hydroxylamine groups is 10. The zero-order valence-electron chi connectivity index (χ0n) is 61.1. The number of aliphatic hydroxyl groups is 1. The van der Waals surface area contributed by atoms with Crippen molar-refractivity contribution >= 4 is 35.2 Å². The molecule has 21 heteroatoms. The lowest BCUT2D eigenvalue weighted by Crippen LogP contribution is -2.74. The van der Waals surface area contributed by atoms with Crippen LogP contribution >= 0.6 is 0 Å². The van der Waals surface area contributed by atoms with E-state index in [4.69, 9.17) is 0 Å². The molecule has 1 aromatic rings. The molecule has 6 N–H and O–H groups in total. The Bertz CT molecular complexity index is 2530. The van der Waals surface area contributed by atoms with Gasteiger partial charge < -0.3 is 55.6 Å². The number of unbranched alkanes of at least 4 members (excludes halogenated alkanes) is 1. The number of likely N-dealkylation sites (N-methyl/N-ethyl adjacent to an activating group) is 1. The lowest BCUT2D eigenvalue weighted by molar-refractivity contribution is -0.259. The van der Waals surface area contributed by atoms with Crippen LogP contribution in [0.1, 0.15) is 245 Å². The Morgan fingerprint density at radius 1 is 0.517 bits per heavy atom. The molecular weight excluding hydrogens is 1130 g/mol. The molecule has 5 aliphatic rings. The zero-order chi connectivity index (χ0) is 69.8. The van der Waals surface area contributed by atoms with Crippen LogP contribution in [-0.4, -0.2) is 224 Å². The van der Waals surface area contributed by atoms with Crippen molar-refractivity contribution in [1.29, 1.82) is 0 Å². The van der Waals surface area contributed by atoms with Crippen LogP contribution < -0.4 is 4.90 Å². The second-order valence-corrected chi connectivity index (χ2v) is 32.3. The topological polar surface area (TPSA) is 239 Å². The van der Waals surface area contributed by atoms with Crippen LogP contribution in [0.15, 0.2) is 30.3 Å². The van der Waals surface area contributed by atoms with Crippen LogP contribution in [-0.2, 0) is 24.0 Å². The number of nitrogens with zero attached hydrogens (tertiary/aromatic N) is 10. The summed E-state index contributed by atoms with van der Waals surface area (Å²) in [5, 5.41) is 67.5. The number of hydrogen-bond acceptors (Lipinski definition) is 16.